The van der Waals surface area contributed by atoms with E-state index in [9.17, 15) is 4.57 Å². The van der Waals surface area contributed by atoms with Crippen molar-refractivity contribution in [2.45, 2.75) is 19.6 Å². The van der Waals surface area contributed by atoms with Crippen molar-refractivity contribution >= 4 is 24.9 Å². The lowest BCUT2D eigenvalue weighted by Gasteiger charge is -2.28. The molecule has 0 spiro atoms. The molecule has 3 aromatic rings. The molecule has 5 nitrogen and oxygen atoms in total. The number of benzene rings is 2. The third-order valence-corrected chi connectivity index (χ3v) is 6.91. The highest BCUT2D eigenvalue weighted by Crippen LogP contribution is 2.61. The average molecular weight is 431 g/mol. The number of nitrogens with zero attached hydrogens (tertiary/aromatic N) is 1. The summed E-state index contributed by atoms with van der Waals surface area (Å²) < 4.78 is 24.9. The summed E-state index contributed by atoms with van der Waals surface area (Å²) >= 11 is 6.32. The van der Waals surface area contributed by atoms with Crippen LogP contribution in [0.4, 0.5) is 5.69 Å². The second-order valence-electron chi connectivity index (χ2n) is 6.24. The van der Waals surface area contributed by atoms with Gasteiger partial charge in [-0.15, -0.1) is 0 Å². The molecule has 1 aromatic heterocycles. The first kappa shape index (κ1) is 21.5. The number of aromatic nitrogens is 1. The van der Waals surface area contributed by atoms with Gasteiger partial charge in [0.1, 0.15) is 0 Å². The molecule has 2 aromatic carbocycles. The topological polar surface area (TPSA) is 60.5 Å². The Morgan fingerprint density at radius 2 is 1.62 bits per heavy atom. The minimum atomic E-state index is -3.51. The van der Waals surface area contributed by atoms with Gasteiger partial charge in [-0.1, -0.05) is 54.1 Å². The van der Waals surface area contributed by atoms with Crippen molar-refractivity contribution in [1.29, 1.82) is 0 Å². The smallest absolute Gasteiger partial charge is 0.357 e. The molecule has 29 heavy (non-hydrogen) atoms. The molecule has 0 aliphatic heterocycles. The van der Waals surface area contributed by atoms with Crippen LogP contribution in [0.3, 0.4) is 0 Å². The van der Waals surface area contributed by atoms with Crippen LogP contribution in [0.2, 0.25) is 5.02 Å². The van der Waals surface area contributed by atoms with Crippen LogP contribution in [0, 0.1) is 0 Å². The van der Waals surface area contributed by atoms with Crippen LogP contribution in [0.15, 0.2) is 72.9 Å². The van der Waals surface area contributed by atoms with Gasteiger partial charge in [0.15, 0.2) is 5.78 Å². The minimum absolute atomic E-state index is 0.268. The molecule has 152 valence electrons. The normalized spacial score (nSPS) is 12.5. The third kappa shape index (κ3) is 5.26. The predicted octanol–water partition coefficient (Wildman–Crippen LogP) is 6.78. The maximum atomic E-state index is 13.6. The highest BCUT2D eigenvalue weighted by atomic mass is 35.5. The van der Waals surface area contributed by atoms with E-state index in [2.05, 4.69) is 10.3 Å². The van der Waals surface area contributed by atoms with Crippen molar-refractivity contribution in [1.82, 2.24) is 4.98 Å². The van der Waals surface area contributed by atoms with E-state index in [0.717, 1.165) is 16.8 Å². The van der Waals surface area contributed by atoms with E-state index in [0.29, 0.717) is 10.7 Å². The van der Waals surface area contributed by atoms with Crippen molar-refractivity contribution in [3.8, 4) is 11.3 Å². The molecule has 1 N–H and O–H groups in total. The van der Waals surface area contributed by atoms with Gasteiger partial charge in [0, 0.05) is 11.8 Å². The number of hydrogen-bond donors (Lipinski definition) is 1. The van der Waals surface area contributed by atoms with Crippen LogP contribution >= 0.6 is 19.2 Å². The fourth-order valence-corrected chi connectivity index (χ4v) is 5.10. The Labute approximate surface area is 176 Å². The number of hydrogen-bond acceptors (Lipinski definition) is 5. The highest BCUT2D eigenvalue weighted by molar-refractivity contribution is 7.54. The summed E-state index contributed by atoms with van der Waals surface area (Å²) in [5.74, 6) is -0.708. The SMILES string of the molecule is CCOP(=O)(OCC)C(Nc1ccccc1Cl)c1ccc(-c2ccccn2)cc1. The highest BCUT2D eigenvalue weighted by Gasteiger charge is 2.37. The fraction of sp³-hybridized carbons (Fsp3) is 0.227. The maximum Gasteiger partial charge on any atom is 0.357 e. The van der Waals surface area contributed by atoms with E-state index in [1.807, 2.05) is 60.7 Å². The molecule has 1 atom stereocenters. The van der Waals surface area contributed by atoms with Gasteiger partial charge in [0.05, 0.1) is 29.6 Å². The zero-order valence-corrected chi connectivity index (χ0v) is 18.1. The van der Waals surface area contributed by atoms with Crippen LogP contribution < -0.4 is 5.32 Å². The standard InChI is InChI=1S/C22H24ClN2O3P/c1-3-27-29(26,28-4-2)22(25-21-11-6-5-9-19(21)23)18-14-12-17(13-15-18)20-10-7-8-16-24-20/h5-16,22,25H,3-4H2,1-2H3. The molecule has 0 radical (unpaired) electrons. The summed E-state index contributed by atoms with van der Waals surface area (Å²) in [6.45, 7) is 4.12. The van der Waals surface area contributed by atoms with Gasteiger partial charge >= 0.3 is 7.60 Å². The summed E-state index contributed by atoms with van der Waals surface area (Å²) in [5, 5.41) is 3.80. The quantitative estimate of drug-likeness (QED) is 0.379. The number of halogens is 1. The van der Waals surface area contributed by atoms with E-state index >= 15 is 0 Å². The molecule has 0 amide bonds. The van der Waals surface area contributed by atoms with Crippen LogP contribution in [0.5, 0.6) is 0 Å². The van der Waals surface area contributed by atoms with Gasteiger partial charge in [0.2, 0.25) is 0 Å². The minimum Gasteiger partial charge on any atom is -0.367 e. The van der Waals surface area contributed by atoms with Gasteiger partial charge in [-0.25, -0.2) is 0 Å². The Hall–Kier alpha value is -2.17. The van der Waals surface area contributed by atoms with Crippen LogP contribution in [-0.2, 0) is 13.6 Å². The lowest BCUT2D eigenvalue weighted by Crippen LogP contribution is -2.15. The first-order valence-electron chi connectivity index (χ1n) is 9.48. The first-order valence-corrected chi connectivity index (χ1v) is 11.5. The lowest BCUT2D eigenvalue weighted by molar-refractivity contribution is 0.214. The number of nitrogens with one attached hydrogen (secondary N) is 1. The Balaban J connectivity index is 2.00. The summed E-state index contributed by atoms with van der Waals surface area (Å²) in [4.78, 5) is 4.37. The Kier molecular flexibility index (Phi) is 7.45. The van der Waals surface area contributed by atoms with Crippen LogP contribution in [0.1, 0.15) is 25.2 Å². The Morgan fingerprint density at radius 1 is 0.966 bits per heavy atom. The first-order chi connectivity index (χ1) is 14.1. The summed E-state index contributed by atoms with van der Waals surface area (Å²) in [6, 6.07) is 20.8. The lowest BCUT2D eigenvalue weighted by atomic mass is 10.1. The second kappa shape index (κ2) is 10.0. The molecule has 7 heteroatoms. The Morgan fingerprint density at radius 3 is 2.21 bits per heavy atom. The van der Waals surface area contributed by atoms with Crippen molar-refractivity contribution in [2.24, 2.45) is 0 Å². The van der Waals surface area contributed by atoms with Crippen molar-refractivity contribution in [3.63, 3.8) is 0 Å². The van der Waals surface area contributed by atoms with Crippen molar-refractivity contribution < 1.29 is 13.6 Å². The molecular formula is C22H24ClN2O3P. The van der Waals surface area contributed by atoms with E-state index in [1.165, 1.54) is 0 Å². The van der Waals surface area contributed by atoms with Crippen LogP contribution in [0.25, 0.3) is 11.3 Å². The fourth-order valence-electron chi connectivity index (χ4n) is 2.99. The molecule has 1 heterocycles. The molecule has 0 saturated carbocycles. The second-order valence-corrected chi connectivity index (χ2v) is 8.76. The predicted molar refractivity (Wildman–Crippen MR) is 118 cm³/mol. The van der Waals surface area contributed by atoms with E-state index in [-0.39, 0.29) is 13.2 Å². The van der Waals surface area contributed by atoms with E-state index < -0.39 is 13.4 Å². The average Bonchev–Trinajstić information content (AvgIpc) is 2.74. The molecule has 0 fully saturated rings. The Bertz CT molecular complexity index is 957. The summed E-state index contributed by atoms with van der Waals surface area (Å²) in [5.41, 5.74) is 3.27. The van der Waals surface area contributed by atoms with Gasteiger partial charge in [-0.3, -0.25) is 9.55 Å². The van der Waals surface area contributed by atoms with Gasteiger partial charge in [-0.05, 0) is 43.7 Å². The maximum absolute atomic E-state index is 13.6. The monoisotopic (exact) mass is 430 g/mol. The molecule has 1 unspecified atom stereocenters. The number of rotatable bonds is 9. The summed E-state index contributed by atoms with van der Waals surface area (Å²) in [7, 11) is -3.51. The largest absolute Gasteiger partial charge is 0.367 e. The molecule has 3 rings (SSSR count). The number of para-hydroxylation sites is 1. The van der Waals surface area contributed by atoms with Gasteiger partial charge in [0.25, 0.3) is 0 Å². The van der Waals surface area contributed by atoms with Crippen molar-refractivity contribution in [2.75, 3.05) is 18.5 Å². The number of pyridine rings is 1. The van der Waals surface area contributed by atoms with Crippen LogP contribution in [-0.4, -0.2) is 18.2 Å². The van der Waals surface area contributed by atoms with Crippen molar-refractivity contribution in [3.05, 3.63) is 83.5 Å². The molecule has 0 saturated heterocycles. The molecule has 0 bridgehead atoms. The summed E-state index contributed by atoms with van der Waals surface area (Å²) in [6.07, 6.45) is 1.75. The molecule has 0 aliphatic rings. The zero-order chi connectivity index (χ0) is 20.7. The number of anilines is 1. The van der Waals surface area contributed by atoms with Gasteiger partial charge in [-0.2, -0.15) is 0 Å². The third-order valence-electron chi connectivity index (χ3n) is 4.29. The molecular weight excluding hydrogens is 407 g/mol. The van der Waals surface area contributed by atoms with E-state index in [4.69, 9.17) is 20.6 Å². The van der Waals surface area contributed by atoms with E-state index in [1.54, 1.807) is 26.1 Å². The zero-order valence-electron chi connectivity index (χ0n) is 16.4. The van der Waals surface area contributed by atoms with Gasteiger partial charge < -0.3 is 14.4 Å². The molecule has 0 aliphatic carbocycles.